The molecule has 0 aliphatic heterocycles. The van der Waals surface area contributed by atoms with Gasteiger partial charge >= 0.3 is 0 Å². The maximum atomic E-state index is 12.3. The third-order valence-electron chi connectivity index (χ3n) is 1.93. The van der Waals surface area contributed by atoms with Gasteiger partial charge in [0.1, 0.15) is 0 Å². The van der Waals surface area contributed by atoms with E-state index in [2.05, 4.69) is 5.32 Å². The highest BCUT2D eigenvalue weighted by molar-refractivity contribution is 5.76. The van der Waals surface area contributed by atoms with E-state index in [1.54, 1.807) is 0 Å². The van der Waals surface area contributed by atoms with Crippen molar-refractivity contribution in [3.05, 3.63) is 0 Å². The Morgan fingerprint density at radius 3 is 2.58 bits per heavy atom. The van der Waals surface area contributed by atoms with Gasteiger partial charge in [0, 0.05) is 25.3 Å². The van der Waals surface area contributed by atoms with E-state index in [4.69, 9.17) is 0 Å². The fraction of sp³-hybridized carbons (Fsp3) is 0.875. The maximum absolute atomic E-state index is 12.3. The number of hydrogen-bond acceptors (Lipinski definition) is 1. The van der Waals surface area contributed by atoms with Gasteiger partial charge in [-0.2, -0.15) is 0 Å². The van der Waals surface area contributed by atoms with Crippen molar-refractivity contribution in [3.8, 4) is 0 Å². The van der Waals surface area contributed by atoms with Gasteiger partial charge in [0.05, 0.1) is 0 Å². The van der Waals surface area contributed by atoms with Crippen molar-refractivity contribution in [2.45, 2.75) is 44.6 Å². The normalized spacial score (nSPS) is 21.6. The Labute approximate surface area is 70.3 Å². The zero-order valence-electron chi connectivity index (χ0n) is 7.07. The van der Waals surface area contributed by atoms with E-state index in [1.165, 1.54) is 0 Å². The van der Waals surface area contributed by atoms with E-state index in [0.29, 0.717) is 6.42 Å². The molecule has 0 bridgehead atoms. The molecule has 1 N–H and O–H groups in total. The van der Waals surface area contributed by atoms with Crippen LogP contribution in [0.4, 0.5) is 8.78 Å². The van der Waals surface area contributed by atoms with E-state index in [9.17, 15) is 13.6 Å². The van der Waals surface area contributed by atoms with E-state index in [-0.39, 0.29) is 24.8 Å². The Hall–Kier alpha value is -0.670. The molecular formula is C8H13F2NO. The van der Waals surface area contributed by atoms with Crippen LogP contribution in [0.1, 0.15) is 32.6 Å². The summed E-state index contributed by atoms with van der Waals surface area (Å²) in [5.74, 6) is -2.65. The van der Waals surface area contributed by atoms with Crippen molar-refractivity contribution < 1.29 is 13.6 Å². The summed E-state index contributed by atoms with van der Waals surface area (Å²) in [6.07, 6.45) is 0.807. The number of rotatable bonds is 3. The van der Waals surface area contributed by atoms with Crippen LogP contribution in [-0.2, 0) is 4.79 Å². The molecule has 0 radical (unpaired) electrons. The summed E-state index contributed by atoms with van der Waals surface area (Å²) in [5, 5.41) is 2.55. The first-order chi connectivity index (χ1) is 5.53. The van der Waals surface area contributed by atoms with E-state index in [0.717, 1.165) is 6.42 Å². The number of carbonyl (C=O) groups excluding carboxylic acids is 1. The first kappa shape index (κ1) is 9.42. The summed E-state index contributed by atoms with van der Waals surface area (Å²) in [5.41, 5.74) is 0. The highest BCUT2D eigenvalue weighted by Crippen LogP contribution is 2.37. The molecule has 1 saturated carbocycles. The second-order valence-corrected chi connectivity index (χ2v) is 3.28. The van der Waals surface area contributed by atoms with E-state index in [1.807, 2.05) is 6.92 Å². The zero-order valence-corrected chi connectivity index (χ0v) is 7.07. The Kier molecular flexibility index (Phi) is 2.65. The minimum atomic E-state index is -2.54. The molecule has 1 amide bonds. The molecule has 1 aliphatic rings. The van der Waals surface area contributed by atoms with Crippen LogP contribution < -0.4 is 5.32 Å². The van der Waals surface area contributed by atoms with Gasteiger partial charge in [-0.3, -0.25) is 4.79 Å². The minimum Gasteiger partial charge on any atom is -0.353 e. The average Bonchev–Trinajstić information content (AvgIpc) is 1.83. The van der Waals surface area contributed by atoms with E-state index < -0.39 is 5.92 Å². The van der Waals surface area contributed by atoms with Crippen LogP contribution in [0.3, 0.4) is 0 Å². The van der Waals surface area contributed by atoms with Crippen molar-refractivity contribution in [1.29, 1.82) is 0 Å². The molecule has 0 aromatic heterocycles. The van der Waals surface area contributed by atoms with Crippen LogP contribution in [0, 0.1) is 0 Å². The van der Waals surface area contributed by atoms with Gasteiger partial charge in [-0.1, -0.05) is 6.92 Å². The fourth-order valence-corrected chi connectivity index (χ4v) is 1.29. The topological polar surface area (TPSA) is 29.1 Å². The number of halogens is 2. The monoisotopic (exact) mass is 177 g/mol. The maximum Gasteiger partial charge on any atom is 0.252 e. The van der Waals surface area contributed by atoms with Crippen molar-refractivity contribution >= 4 is 5.91 Å². The zero-order chi connectivity index (χ0) is 9.19. The molecule has 4 heteroatoms. The minimum absolute atomic E-state index is 0.113. The van der Waals surface area contributed by atoms with Gasteiger partial charge in [0.2, 0.25) is 5.91 Å². The summed E-state index contributed by atoms with van der Waals surface area (Å²) < 4.78 is 24.5. The van der Waals surface area contributed by atoms with Gasteiger partial charge in [0.25, 0.3) is 5.92 Å². The van der Waals surface area contributed by atoms with Gasteiger partial charge in [-0.15, -0.1) is 0 Å². The SMILES string of the molecule is CCCC(=O)NC1CC(F)(F)C1. The lowest BCUT2D eigenvalue weighted by Gasteiger charge is -2.35. The standard InChI is InChI=1S/C8H13F2NO/c1-2-3-7(12)11-6-4-8(9,10)5-6/h6H,2-5H2,1H3,(H,11,12). The number of nitrogens with one attached hydrogen (secondary N) is 1. The second kappa shape index (κ2) is 3.37. The number of alkyl halides is 2. The molecule has 1 aliphatic carbocycles. The number of hydrogen-bond donors (Lipinski definition) is 1. The first-order valence-corrected chi connectivity index (χ1v) is 4.21. The molecule has 0 saturated heterocycles. The van der Waals surface area contributed by atoms with Crippen molar-refractivity contribution in [2.24, 2.45) is 0 Å². The third kappa shape index (κ3) is 2.43. The Bertz CT molecular complexity index is 174. The van der Waals surface area contributed by atoms with Crippen LogP contribution in [-0.4, -0.2) is 17.9 Å². The van der Waals surface area contributed by atoms with Crippen LogP contribution in [0.25, 0.3) is 0 Å². The summed E-state index contributed by atoms with van der Waals surface area (Å²) >= 11 is 0. The van der Waals surface area contributed by atoms with Gasteiger partial charge in [-0.05, 0) is 6.42 Å². The smallest absolute Gasteiger partial charge is 0.252 e. The molecule has 0 aromatic rings. The van der Waals surface area contributed by atoms with E-state index >= 15 is 0 Å². The summed E-state index contributed by atoms with van der Waals surface area (Å²) in [6, 6.07) is -0.293. The Balaban J connectivity index is 2.14. The lowest BCUT2D eigenvalue weighted by molar-refractivity contribution is -0.129. The Morgan fingerprint density at radius 1 is 1.58 bits per heavy atom. The molecule has 0 spiro atoms. The molecule has 70 valence electrons. The van der Waals surface area contributed by atoms with Crippen LogP contribution in [0.5, 0.6) is 0 Å². The highest BCUT2D eigenvalue weighted by Gasteiger charge is 2.45. The van der Waals surface area contributed by atoms with Crippen LogP contribution >= 0.6 is 0 Å². The molecular weight excluding hydrogens is 164 g/mol. The van der Waals surface area contributed by atoms with Crippen molar-refractivity contribution in [2.75, 3.05) is 0 Å². The fourth-order valence-electron chi connectivity index (χ4n) is 1.29. The molecule has 1 rings (SSSR count). The molecule has 0 atom stereocenters. The lowest BCUT2D eigenvalue weighted by atomic mass is 9.88. The average molecular weight is 177 g/mol. The van der Waals surface area contributed by atoms with Gasteiger partial charge < -0.3 is 5.32 Å². The van der Waals surface area contributed by atoms with Crippen LogP contribution in [0.15, 0.2) is 0 Å². The van der Waals surface area contributed by atoms with Gasteiger partial charge in [-0.25, -0.2) is 8.78 Å². The number of amides is 1. The predicted octanol–water partition coefficient (Wildman–Crippen LogP) is 1.70. The highest BCUT2D eigenvalue weighted by atomic mass is 19.3. The molecule has 2 nitrogen and oxygen atoms in total. The summed E-state index contributed by atoms with van der Waals surface area (Å²) in [7, 11) is 0. The second-order valence-electron chi connectivity index (χ2n) is 3.28. The van der Waals surface area contributed by atoms with Gasteiger partial charge in [0.15, 0.2) is 0 Å². The Morgan fingerprint density at radius 2 is 2.17 bits per heavy atom. The lowest BCUT2D eigenvalue weighted by Crippen LogP contribution is -2.50. The molecule has 0 unspecified atom stereocenters. The molecule has 1 fully saturated rings. The first-order valence-electron chi connectivity index (χ1n) is 4.21. The predicted molar refractivity (Wildman–Crippen MR) is 41.0 cm³/mol. The molecule has 0 aromatic carbocycles. The molecule has 12 heavy (non-hydrogen) atoms. The van der Waals surface area contributed by atoms with Crippen LogP contribution in [0.2, 0.25) is 0 Å². The van der Waals surface area contributed by atoms with Crippen molar-refractivity contribution in [3.63, 3.8) is 0 Å². The molecule has 0 heterocycles. The largest absolute Gasteiger partial charge is 0.353 e. The summed E-state index contributed by atoms with van der Waals surface area (Å²) in [6.45, 7) is 1.88. The van der Waals surface area contributed by atoms with Crippen molar-refractivity contribution in [1.82, 2.24) is 5.32 Å². The quantitative estimate of drug-likeness (QED) is 0.698. The summed E-state index contributed by atoms with van der Waals surface area (Å²) in [4.78, 5) is 10.9. The third-order valence-corrected chi connectivity index (χ3v) is 1.93. The number of carbonyl (C=O) groups is 1.